The molecule has 3 aromatic rings. The molecule has 0 atom stereocenters. The van der Waals surface area contributed by atoms with Crippen LogP contribution in [0.15, 0.2) is 53.7 Å². The van der Waals surface area contributed by atoms with Gasteiger partial charge < -0.3 is 10.5 Å². The molecule has 0 amide bonds. The number of nitrogens with two attached hydrogens (primary N) is 1. The summed E-state index contributed by atoms with van der Waals surface area (Å²) in [6.07, 6.45) is 3.50. The van der Waals surface area contributed by atoms with Crippen molar-refractivity contribution in [2.75, 3.05) is 12.0 Å². The molecule has 1 heterocycles. The van der Waals surface area contributed by atoms with Crippen LogP contribution < -0.4 is 10.5 Å². The van der Waals surface area contributed by atoms with Gasteiger partial charge in [-0.15, -0.1) is 11.8 Å². The highest BCUT2D eigenvalue weighted by Gasteiger charge is 2.08. The molecule has 20 heavy (non-hydrogen) atoms. The van der Waals surface area contributed by atoms with Gasteiger partial charge in [0.15, 0.2) is 0 Å². The number of hydrogen-bond acceptors (Lipinski definition) is 5. The van der Waals surface area contributed by atoms with Crippen LogP contribution in [0.4, 0.5) is 5.69 Å². The number of nitrogens with zero attached hydrogens (tertiary/aromatic N) is 2. The van der Waals surface area contributed by atoms with Crippen LogP contribution in [0, 0.1) is 0 Å². The fraction of sp³-hybridized carbons (Fsp3) is 0.0667. The maximum absolute atomic E-state index is 5.94. The molecule has 0 saturated carbocycles. The van der Waals surface area contributed by atoms with Gasteiger partial charge in [-0.3, -0.25) is 0 Å². The van der Waals surface area contributed by atoms with Gasteiger partial charge in [0, 0.05) is 10.6 Å². The molecule has 0 aliphatic carbocycles. The van der Waals surface area contributed by atoms with E-state index in [9.17, 15) is 0 Å². The number of nitrogen functional groups attached to an aromatic ring is 1. The lowest BCUT2D eigenvalue weighted by molar-refractivity contribution is 0.457. The zero-order valence-corrected chi connectivity index (χ0v) is 11.7. The van der Waals surface area contributed by atoms with Gasteiger partial charge in [0.2, 0.25) is 5.88 Å². The maximum atomic E-state index is 5.94. The van der Waals surface area contributed by atoms with Gasteiger partial charge in [-0.2, -0.15) is 0 Å². The number of ether oxygens (including phenoxy) is 1. The first kappa shape index (κ1) is 12.7. The number of fused-ring (bicyclic) bond motifs is 1. The molecular formula is C15H13N3OS. The molecule has 4 nitrogen and oxygen atoms in total. The normalized spacial score (nSPS) is 10.7. The predicted octanol–water partition coefficient (Wildman–Crippen LogP) is 3.73. The van der Waals surface area contributed by atoms with Crippen molar-refractivity contribution >= 4 is 28.4 Å². The zero-order chi connectivity index (χ0) is 13.9. The molecule has 2 N–H and O–H groups in total. The van der Waals surface area contributed by atoms with Crippen molar-refractivity contribution < 1.29 is 4.74 Å². The van der Waals surface area contributed by atoms with Crippen LogP contribution in [-0.4, -0.2) is 16.2 Å². The second-order valence-corrected chi connectivity index (χ2v) is 5.06. The summed E-state index contributed by atoms with van der Waals surface area (Å²) >= 11 is 1.63. The van der Waals surface area contributed by atoms with E-state index in [4.69, 9.17) is 10.5 Å². The number of benzene rings is 2. The fourth-order valence-corrected chi connectivity index (χ4v) is 2.46. The Morgan fingerprint density at radius 3 is 2.80 bits per heavy atom. The van der Waals surface area contributed by atoms with Crippen LogP contribution in [0.2, 0.25) is 0 Å². The van der Waals surface area contributed by atoms with E-state index in [1.54, 1.807) is 11.8 Å². The monoisotopic (exact) mass is 283 g/mol. The summed E-state index contributed by atoms with van der Waals surface area (Å²) in [5.41, 5.74) is 7.22. The standard InChI is InChI=1S/C15H13N3OS/c1-20-14-5-3-2-4-13(14)19-15-11-7-6-10(16)8-12(11)17-9-18-15/h2-9H,16H2,1H3. The number of aromatic nitrogens is 2. The molecule has 0 radical (unpaired) electrons. The summed E-state index contributed by atoms with van der Waals surface area (Å²) in [5.74, 6) is 1.33. The predicted molar refractivity (Wildman–Crippen MR) is 82.2 cm³/mol. The minimum Gasteiger partial charge on any atom is -0.437 e. The molecule has 2 aromatic carbocycles. The fourth-order valence-electron chi connectivity index (χ4n) is 1.94. The van der Waals surface area contributed by atoms with E-state index in [2.05, 4.69) is 9.97 Å². The second-order valence-electron chi connectivity index (χ2n) is 4.21. The number of hydrogen-bond donors (Lipinski definition) is 1. The number of thioether (sulfide) groups is 1. The van der Waals surface area contributed by atoms with Gasteiger partial charge in [0.1, 0.15) is 12.1 Å². The highest BCUT2D eigenvalue weighted by Crippen LogP contribution is 2.33. The van der Waals surface area contributed by atoms with E-state index < -0.39 is 0 Å². The van der Waals surface area contributed by atoms with Crippen molar-refractivity contribution in [2.24, 2.45) is 0 Å². The Morgan fingerprint density at radius 1 is 1.10 bits per heavy atom. The molecule has 0 aliphatic heterocycles. The SMILES string of the molecule is CSc1ccccc1Oc1ncnc2cc(N)ccc12. The largest absolute Gasteiger partial charge is 0.437 e. The summed E-state index contributed by atoms with van der Waals surface area (Å²) in [4.78, 5) is 9.50. The van der Waals surface area contributed by atoms with Crippen molar-refractivity contribution in [2.45, 2.75) is 4.90 Å². The number of anilines is 1. The molecular weight excluding hydrogens is 270 g/mol. The third kappa shape index (κ3) is 2.40. The van der Waals surface area contributed by atoms with E-state index in [1.165, 1.54) is 6.33 Å². The Morgan fingerprint density at radius 2 is 1.95 bits per heavy atom. The van der Waals surface area contributed by atoms with Crippen LogP contribution in [0.25, 0.3) is 10.9 Å². The number of rotatable bonds is 3. The summed E-state index contributed by atoms with van der Waals surface area (Å²) in [6, 6.07) is 13.4. The molecule has 0 bridgehead atoms. The van der Waals surface area contributed by atoms with E-state index in [-0.39, 0.29) is 0 Å². The third-order valence-electron chi connectivity index (χ3n) is 2.90. The summed E-state index contributed by atoms with van der Waals surface area (Å²) in [5, 5.41) is 0.845. The first-order valence-corrected chi connectivity index (χ1v) is 7.31. The van der Waals surface area contributed by atoms with Crippen LogP contribution >= 0.6 is 11.8 Å². The molecule has 0 spiro atoms. The van der Waals surface area contributed by atoms with E-state index in [1.807, 2.05) is 48.7 Å². The van der Waals surface area contributed by atoms with E-state index >= 15 is 0 Å². The van der Waals surface area contributed by atoms with Crippen LogP contribution in [0.1, 0.15) is 0 Å². The van der Waals surface area contributed by atoms with Gasteiger partial charge in [-0.25, -0.2) is 9.97 Å². The Balaban J connectivity index is 2.07. The lowest BCUT2D eigenvalue weighted by Crippen LogP contribution is -1.93. The minimum absolute atomic E-state index is 0.538. The van der Waals surface area contributed by atoms with Gasteiger partial charge in [0.05, 0.1) is 10.9 Å². The topological polar surface area (TPSA) is 61.0 Å². The maximum Gasteiger partial charge on any atom is 0.230 e. The van der Waals surface area contributed by atoms with Gasteiger partial charge in [-0.05, 0) is 36.6 Å². The van der Waals surface area contributed by atoms with Crippen molar-refractivity contribution in [3.63, 3.8) is 0 Å². The van der Waals surface area contributed by atoms with Crippen molar-refractivity contribution in [1.29, 1.82) is 0 Å². The Labute approximate surface area is 121 Å². The average molecular weight is 283 g/mol. The Kier molecular flexibility index (Phi) is 3.43. The third-order valence-corrected chi connectivity index (χ3v) is 3.68. The number of para-hydroxylation sites is 1. The zero-order valence-electron chi connectivity index (χ0n) is 10.9. The van der Waals surface area contributed by atoms with Gasteiger partial charge in [-0.1, -0.05) is 12.1 Å². The summed E-state index contributed by atoms with van der Waals surface area (Å²) < 4.78 is 5.94. The quantitative estimate of drug-likeness (QED) is 0.586. The van der Waals surface area contributed by atoms with Crippen LogP contribution in [0.5, 0.6) is 11.6 Å². The smallest absolute Gasteiger partial charge is 0.230 e. The van der Waals surface area contributed by atoms with Crippen LogP contribution in [-0.2, 0) is 0 Å². The molecule has 3 rings (SSSR count). The summed E-state index contributed by atoms with van der Waals surface area (Å²) in [7, 11) is 0. The minimum atomic E-state index is 0.538. The molecule has 0 fully saturated rings. The average Bonchev–Trinajstić information content (AvgIpc) is 2.47. The van der Waals surface area contributed by atoms with Crippen LogP contribution in [0.3, 0.4) is 0 Å². The van der Waals surface area contributed by atoms with Gasteiger partial charge in [0.25, 0.3) is 0 Å². The second kappa shape index (κ2) is 5.38. The molecule has 0 unspecified atom stereocenters. The lowest BCUT2D eigenvalue weighted by atomic mass is 10.2. The summed E-state index contributed by atoms with van der Waals surface area (Å²) in [6.45, 7) is 0. The molecule has 1 aromatic heterocycles. The van der Waals surface area contributed by atoms with E-state index in [0.29, 0.717) is 11.6 Å². The highest BCUT2D eigenvalue weighted by atomic mass is 32.2. The Hall–Kier alpha value is -2.27. The molecule has 0 aliphatic rings. The molecule has 5 heteroatoms. The van der Waals surface area contributed by atoms with Crippen molar-refractivity contribution in [1.82, 2.24) is 9.97 Å². The van der Waals surface area contributed by atoms with Crippen molar-refractivity contribution in [3.8, 4) is 11.6 Å². The lowest BCUT2D eigenvalue weighted by Gasteiger charge is -2.10. The van der Waals surface area contributed by atoms with E-state index in [0.717, 1.165) is 21.5 Å². The van der Waals surface area contributed by atoms with Gasteiger partial charge >= 0.3 is 0 Å². The molecule has 100 valence electrons. The highest BCUT2D eigenvalue weighted by molar-refractivity contribution is 7.98. The molecule has 0 saturated heterocycles. The first-order chi connectivity index (χ1) is 9.78. The van der Waals surface area contributed by atoms with Crippen molar-refractivity contribution in [3.05, 3.63) is 48.8 Å². The first-order valence-electron chi connectivity index (χ1n) is 6.09. The Bertz CT molecular complexity index is 761.